The summed E-state index contributed by atoms with van der Waals surface area (Å²) in [5.74, 6) is -0.123. The Hall–Kier alpha value is -4.40. The van der Waals surface area contributed by atoms with Crippen LogP contribution >= 0.6 is 0 Å². The summed E-state index contributed by atoms with van der Waals surface area (Å²) in [5, 5.41) is 5.25. The van der Waals surface area contributed by atoms with Crippen LogP contribution in [0.25, 0.3) is 0 Å². The number of nitrogens with one attached hydrogen (secondary N) is 2. The molecule has 3 rings (SSSR count). The fraction of sp³-hybridized carbons (Fsp3) is 0.333. The fourth-order valence-electron chi connectivity index (χ4n) is 3.96. The van der Waals surface area contributed by atoms with Crippen LogP contribution in [-0.2, 0) is 38.5 Å². The monoisotopic (exact) mass is 533 g/mol. The van der Waals surface area contributed by atoms with Gasteiger partial charge in [0.15, 0.2) is 0 Å². The highest BCUT2D eigenvalue weighted by Crippen LogP contribution is 2.15. The molecule has 2 N–H and O–H groups in total. The predicted molar refractivity (Wildman–Crippen MR) is 149 cm³/mol. The number of esters is 1. The van der Waals surface area contributed by atoms with Crippen molar-refractivity contribution in [2.75, 3.05) is 12.4 Å². The molecule has 1 atom stereocenters. The fourth-order valence-corrected chi connectivity index (χ4v) is 3.96. The number of aryl methyl sites for hydroxylation is 1. The maximum Gasteiger partial charge on any atom is 0.310 e. The molecule has 1 aromatic heterocycles. The summed E-state index contributed by atoms with van der Waals surface area (Å²) in [6.07, 6.45) is 2.46. The second-order valence-electron chi connectivity index (χ2n) is 10.3. The molecule has 0 aliphatic rings. The lowest BCUT2D eigenvalue weighted by Crippen LogP contribution is -2.42. The lowest BCUT2D eigenvalue weighted by atomic mass is 10.0. The van der Waals surface area contributed by atoms with E-state index in [2.05, 4.69) is 10.6 Å². The zero-order valence-corrected chi connectivity index (χ0v) is 22.9. The van der Waals surface area contributed by atoms with Crippen molar-refractivity contribution in [1.29, 1.82) is 0 Å². The van der Waals surface area contributed by atoms with E-state index in [4.69, 9.17) is 9.47 Å². The Balaban J connectivity index is 1.71. The molecule has 39 heavy (non-hydrogen) atoms. The van der Waals surface area contributed by atoms with Crippen LogP contribution in [-0.4, -0.2) is 41.6 Å². The zero-order valence-electron chi connectivity index (χ0n) is 22.9. The van der Waals surface area contributed by atoms with Gasteiger partial charge in [0.25, 0.3) is 5.56 Å². The third kappa shape index (κ3) is 8.56. The summed E-state index contributed by atoms with van der Waals surface area (Å²) in [6.45, 7) is 7.49. The lowest BCUT2D eigenvalue weighted by molar-refractivity contribution is -0.153. The maximum absolute atomic E-state index is 13.2. The van der Waals surface area contributed by atoms with Gasteiger partial charge in [-0.25, -0.2) is 0 Å². The van der Waals surface area contributed by atoms with Gasteiger partial charge < -0.3 is 24.7 Å². The van der Waals surface area contributed by atoms with Gasteiger partial charge in [0.1, 0.15) is 23.1 Å². The highest BCUT2D eigenvalue weighted by molar-refractivity contribution is 5.96. The van der Waals surface area contributed by atoms with Gasteiger partial charge in [-0.05, 0) is 68.1 Å². The molecule has 2 aromatic carbocycles. The molecule has 1 heterocycles. The molecule has 9 nitrogen and oxygen atoms in total. The van der Waals surface area contributed by atoms with Crippen LogP contribution in [0.15, 0.2) is 65.6 Å². The number of aromatic nitrogens is 1. The first-order valence-electron chi connectivity index (χ1n) is 12.6. The van der Waals surface area contributed by atoms with Gasteiger partial charge in [0.05, 0.1) is 20.1 Å². The number of benzene rings is 2. The van der Waals surface area contributed by atoms with Gasteiger partial charge in [-0.15, -0.1) is 0 Å². The van der Waals surface area contributed by atoms with Crippen LogP contribution in [0.5, 0.6) is 5.75 Å². The second-order valence-corrected chi connectivity index (χ2v) is 10.3. The Bertz CT molecular complexity index is 1360. The molecular weight excluding hydrogens is 498 g/mol. The zero-order chi connectivity index (χ0) is 28.6. The second kappa shape index (κ2) is 12.9. The van der Waals surface area contributed by atoms with Crippen molar-refractivity contribution in [3.8, 4) is 5.75 Å². The minimum atomic E-state index is -0.909. The highest BCUT2D eigenvalue weighted by Gasteiger charge is 2.21. The van der Waals surface area contributed by atoms with Gasteiger partial charge >= 0.3 is 5.97 Å². The summed E-state index contributed by atoms with van der Waals surface area (Å²) >= 11 is 0. The molecule has 0 spiro atoms. The average molecular weight is 534 g/mol. The summed E-state index contributed by atoms with van der Waals surface area (Å²) < 4.78 is 12.0. The van der Waals surface area contributed by atoms with Crippen LogP contribution in [0.1, 0.15) is 43.0 Å². The van der Waals surface area contributed by atoms with E-state index in [0.29, 0.717) is 24.3 Å². The van der Waals surface area contributed by atoms with Crippen molar-refractivity contribution in [3.05, 3.63) is 93.4 Å². The first kappa shape index (κ1) is 29.2. The molecule has 0 fully saturated rings. The molecule has 0 unspecified atom stereocenters. The Labute approximate surface area is 228 Å². The normalized spacial score (nSPS) is 11.8. The van der Waals surface area contributed by atoms with Crippen LogP contribution in [0, 0.1) is 6.92 Å². The number of carbonyl (C=O) groups is 3. The van der Waals surface area contributed by atoms with Crippen molar-refractivity contribution in [2.45, 2.75) is 58.7 Å². The number of hydrogen-bond donors (Lipinski definition) is 2. The number of methoxy groups -OCH3 is 1. The van der Waals surface area contributed by atoms with E-state index in [0.717, 1.165) is 16.7 Å². The molecule has 0 saturated carbocycles. The van der Waals surface area contributed by atoms with E-state index < -0.39 is 17.6 Å². The molecule has 206 valence electrons. The first-order valence-corrected chi connectivity index (χ1v) is 12.6. The van der Waals surface area contributed by atoms with Crippen LogP contribution < -0.4 is 20.9 Å². The predicted octanol–water partition coefficient (Wildman–Crippen LogP) is 3.39. The number of ether oxygens (including phenoxy) is 2. The molecule has 9 heteroatoms. The number of amides is 2. The smallest absolute Gasteiger partial charge is 0.310 e. The SMILES string of the molecule is COc1ccc(Cn2ccc(C)c(NC(=O)[C@H](Cc3ccc(CC(=O)OC(C)(C)C)cc3)NC=O)c2=O)cc1. The Morgan fingerprint density at radius 1 is 0.974 bits per heavy atom. The standard InChI is InChI=1S/C30H35N3O6/c1-20-14-15-33(18-23-10-12-24(38-5)13-11-23)29(37)27(20)32-28(36)25(31-19-34)16-21-6-8-22(9-7-21)17-26(35)39-30(2,3)4/h6-15,19,25H,16-18H2,1-5H3,(H,31,34)(H,32,36)/t25-/m0/s1. The number of pyridine rings is 1. The summed E-state index contributed by atoms with van der Waals surface area (Å²) in [7, 11) is 1.59. The Morgan fingerprint density at radius 3 is 2.18 bits per heavy atom. The van der Waals surface area contributed by atoms with Crippen molar-refractivity contribution in [3.63, 3.8) is 0 Å². The van der Waals surface area contributed by atoms with Crippen molar-refractivity contribution in [1.82, 2.24) is 9.88 Å². The Kier molecular flexibility index (Phi) is 9.65. The van der Waals surface area contributed by atoms with Crippen molar-refractivity contribution >= 4 is 24.0 Å². The van der Waals surface area contributed by atoms with E-state index in [9.17, 15) is 19.2 Å². The molecule has 0 saturated heterocycles. The van der Waals surface area contributed by atoms with Gasteiger partial charge in [-0.2, -0.15) is 0 Å². The van der Waals surface area contributed by atoms with Crippen LogP contribution in [0.3, 0.4) is 0 Å². The molecular formula is C30H35N3O6. The minimum absolute atomic E-state index is 0.129. The summed E-state index contributed by atoms with van der Waals surface area (Å²) in [4.78, 5) is 49.7. The van der Waals surface area contributed by atoms with Crippen molar-refractivity contribution in [2.24, 2.45) is 0 Å². The lowest BCUT2D eigenvalue weighted by Gasteiger charge is -2.19. The quantitative estimate of drug-likeness (QED) is 0.288. The number of carbonyl (C=O) groups excluding carboxylic acids is 3. The largest absolute Gasteiger partial charge is 0.497 e. The number of hydrogen-bond acceptors (Lipinski definition) is 6. The molecule has 0 radical (unpaired) electrons. The number of nitrogens with zero attached hydrogens (tertiary/aromatic N) is 1. The molecule has 0 aliphatic heterocycles. The third-order valence-electron chi connectivity index (χ3n) is 5.95. The number of rotatable bonds is 11. The highest BCUT2D eigenvalue weighted by atomic mass is 16.6. The van der Waals surface area contributed by atoms with E-state index in [-0.39, 0.29) is 30.1 Å². The van der Waals surface area contributed by atoms with Crippen molar-refractivity contribution < 1.29 is 23.9 Å². The van der Waals surface area contributed by atoms with E-state index in [1.165, 1.54) is 4.57 Å². The van der Waals surface area contributed by atoms with E-state index in [1.54, 1.807) is 50.6 Å². The molecule has 0 aliphatic carbocycles. The van der Waals surface area contributed by atoms with Gasteiger partial charge in [-0.1, -0.05) is 36.4 Å². The molecule has 2 amide bonds. The van der Waals surface area contributed by atoms with Gasteiger partial charge in [-0.3, -0.25) is 19.2 Å². The van der Waals surface area contributed by atoms with E-state index in [1.807, 2.05) is 45.0 Å². The topological polar surface area (TPSA) is 116 Å². The average Bonchev–Trinajstić information content (AvgIpc) is 2.88. The van der Waals surface area contributed by atoms with Crippen LogP contribution in [0.2, 0.25) is 0 Å². The maximum atomic E-state index is 13.2. The molecule has 3 aromatic rings. The first-order chi connectivity index (χ1) is 18.5. The van der Waals surface area contributed by atoms with Gasteiger partial charge in [0.2, 0.25) is 12.3 Å². The van der Waals surface area contributed by atoms with E-state index >= 15 is 0 Å². The van der Waals surface area contributed by atoms with Crippen LogP contribution in [0.4, 0.5) is 5.69 Å². The third-order valence-corrected chi connectivity index (χ3v) is 5.95. The number of anilines is 1. The summed E-state index contributed by atoms with van der Waals surface area (Å²) in [6, 6.07) is 15.4. The minimum Gasteiger partial charge on any atom is -0.497 e. The Morgan fingerprint density at radius 2 is 1.59 bits per heavy atom. The van der Waals surface area contributed by atoms with Gasteiger partial charge in [0, 0.05) is 12.6 Å². The summed E-state index contributed by atoms with van der Waals surface area (Å²) in [5.41, 5.74) is 2.30. The molecule has 0 bridgehead atoms.